The highest BCUT2D eigenvalue weighted by Gasteiger charge is 2.22. The third kappa shape index (κ3) is 4.78. The topological polar surface area (TPSA) is 26.3 Å². The minimum Gasteiger partial charge on any atom is -0.371 e. The Bertz CT molecular complexity index is 179. The zero-order valence-corrected chi connectivity index (χ0v) is 10.1. The summed E-state index contributed by atoms with van der Waals surface area (Å²) in [4.78, 5) is 10.8. The summed E-state index contributed by atoms with van der Waals surface area (Å²) in [6, 6.07) is 0. The summed E-state index contributed by atoms with van der Waals surface area (Å²) < 4.78 is 5.51. The number of ether oxygens (including phenoxy) is 1. The Hall–Kier alpha value is -0.370. The summed E-state index contributed by atoms with van der Waals surface area (Å²) in [5, 5.41) is 0. The van der Waals surface area contributed by atoms with Gasteiger partial charge >= 0.3 is 0 Å². The van der Waals surface area contributed by atoms with E-state index in [9.17, 15) is 4.79 Å². The molecule has 2 heteroatoms. The summed E-state index contributed by atoms with van der Waals surface area (Å²) in [6.07, 6.45) is 8.00. The van der Waals surface area contributed by atoms with Gasteiger partial charge in [0.15, 0.2) is 0 Å². The molecule has 3 atom stereocenters. The van der Waals surface area contributed by atoms with Crippen LogP contribution < -0.4 is 0 Å². The molecule has 1 rings (SSSR count). The van der Waals surface area contributed by atoms with Gasteiger partial charge < -0.3 is 9.53 Å². The van der Waals surface area contributed by atoms with E-state index in [-0.39, 0.29) is 6.10 Å². The van der Waals surface area contributed by atoms with E-state index in [1.54, 1.807) is 0 Å². The molecule has 1 fully saturated rings. The first kappa shape index (κ1) is 12.7. The molecule has 0 amide bonds. The van der Waals surface area contributed by atoms with Crippen molar-refractivity contribution in [3.05, 3.63) is 0 Å². The van der Waals surface area contributed by atoms with Crippen LogP contribution in [-0.4, -0.2) is 19.0 Å². The van der Waals surface area contributed by atoms with Gasteiger partial charge in [0.2, 0.25) is 0 Å². The van der Waals surface area contributed by atoms with Crippen molar-refractivity contribution in [2.45, 2.75) is 58.5 Å². The van der Waals surface area contributed by atoms with Gasteiger partial charge in [-0.1, -0.05) is 33.1 Å². The highest BCUT2D eigenvalue weighted by Crippen LogP contribution is 2.31. The van der Waals surface area contributed by atoms with Gasteiger partial charge in [-0.05, 0) is 31.1 Å². The predicted molar refractivity (Wildman–Crippen MR) is 61.8 cm³/mol. The lowest BCUT2D eigenvalue weighted by molar-refractivity contribution is -0.119. The molecule has 0 saturated heterocycles. The van der Waals surface area contributed by atoms with Crippen molar-refractivity contribution < 1.29 is 9.53 Å². The molecular formula is C13H24O2. The van der Waals surface area contributed by atoms with Gasteiger partial charge in [0, 0.05) is 6.61 Å². The fraction of sp³-hybridized carbons (Fsp3) is 0.923. The molecule has 1 aliphatic carbocycles. The Morgan fingerprint density at radius 1 is 1.47 bits per heavy atom. The van der Waals surface area contributed by atoms with Gasteiger partial charge in [0.1, 0.15) is 12.4 Å². The molecule has 0 aromatic heterocycles. The molecule has 88 valence electrons. The van der Waals surface area contributed by atoms with E-state index in [0.717, 1.165) is 25.0 Å². The number of aldehydes is 1. The second kappa shape index (κ2) is 7.00. The van der Waals surface area contributed by atoms with Gasteiger partial charge in [-0.15, -0.1) is 0 Å². The molecule has 0 N–H and O–H groups in total. The van der Waals surface area contributed by atoms with E-state index in [1.165, 1.54) is 25.7 Å². The maximum absolute atomic E-state index is 10.8. The normalized spacial score (nSPS) is 28.7. The first-order valence-corrected chi connectivity index (χ1v) is 6.33. The van der Waals surface area contributed by atoms with Crippen LogP contribution in [-0.2, 0) is 9.53 Å². The summed E-state index contributed by atoms with van der Waals surface area (Å²) in [6.45, 7) is 5.10. The second-order valence-corrected chi connectivity index (χ2v) is 4.92. The molecule has 1 aliphatic rings. The van der Waals surface area contributed by atoms with Gasteiger partial charge in [0.25, 0.3) is 0 Å². The van der Waals surface area contributed by atoms with Crippen molar-refractivity contribution in [2.75, 3.05) is 6.61 Å². The van der Waals surface area contributed by atoms with E-state index >= 15 is 0 Å². The van der Waals surface area contributed by atoms with Crippen LogP contribution in [0, 0.1) is 11.8 Å². The van der Waals surface area contributed by atoms with E-state index in [4.69, 9.17) is 4.74 Å². The lowest BCUT2D eigenvalue weighted by Crippen LogP contribution is -2.23. The zero-order valence-electron chi connectivity index (χ0n) is 10.1. The lowest BCUT2D eigenvalue weighted by atomic mass is 9.80. The molecule has 0 heterocycles. The maximum Gasteiger partial charge on any atom is 0.148 e. The van der Waals surface area contributed by atoms with Crippen LogP contribution in [0.1, 0.15) is 52.4 Å². The van der Waals surface area contributed by atoms with Crippen molar-refractivity contribution in [1.82, 2.24) is 0 Å². The minimum absolute atomic E-state index is 0.153. The average molecular weight is 212 g/mol. The number of carbonyl (C=O) groups is 1. The van der Waals surface area contributed by atoms with Crippen molar-refractivity contribution in [3.8, 4) is 0 Å². The molecule has 2 nitrogen and oxygen atoms in total. The largest absolute Gasteiger partial charge is 0.371 e. The Balaban J connectivity index is 2.27. The van der Waals surface area contributed by atoms with Crippen LogP contribution in [0.3, 0.4) is 0 Å². The molecule has 0 bridgehead atoms. The first-order valence-electron chi connectivity index (χ1n) is 6.33. The molecule has 0 radical (unpaired) electrons. The van der Waals surface area contributed by atoms with Crippen LogP contribution in [0.15, 0.2) is 0 Å². The minimum atomic E-state index is -0.153. The average Bonchev–Trinajstić information content (AvgIpc) is 2.24. The van der Waals surface area contributed by atoms with Crippen molar-refractivity contribution >= 4 is 6.29 Å². The number of hydrogen-bond donors (Lipinski definition) is 0. The van der Waals surface area contributed by atoms with Gasteiger partial charge in [-0.3, -0.25) is 0 Å². The maximum atomic E-state index is 10.8. The van der Waals surface area contributed by atoms with E-state index < -0.39 is 0 Å². The summed E-state index contributed by atoms with van der Waals surface area (Å²) >= 11 is 0. The molecule has 0 aromatic rings. The monoisotopic (exact) mass is 212 g/mol. The summed E-state index contributed by atoms with van der Waals surface area (Å²) in [5.74, 6) is 1.54. The number of hydrogen-bond acceptors (Lipinski definition) is 2. The van der Waals surface area contributed by atoms with Crippen molar-refractivity contribution in [2.24, 2.45) is 11.8 Å². The van der Waals surface area contributed by atoms with Crippen LogP contribution in [0.25, 0.3) is 0 Å². The number of carbonyl (C=O) groups excluding carboxylic acids is 1. The van der Waals surface area contributed by atoms with Gasteiger partial charge in [-0.25, -0.2) is 0 Å². The third-order valence-corrected chi connectivity index (χ3v) is 3.30. The van der Waals surface area contributed by atoms with E-state index in [2.05, 4.69) is 13.8 Å². The van der Waals surface area contributed by atoms with E-state index in [1.807, 2.05) is 0 Å². The van der Waals surface area contributed by atoms with E-state index in [0.29, 0.717) is 12.5 Å². The Morgan fingerprint density at radius 3 is 2.87 bits per heavy atom. The molecule has 0 aromatic carbocycles. The quantitative estimate of drug-likeness (QED) is 0.632. The highest BCUT2D eigenvalue weighted by atomic mass is 16.5. The smallest absolute Gasteiger partial charge is 0.148 e. The molecule has 15 heavy (non-hydrogen) atoms. The Morgan fingerprint density at radius 2 is 2.27 bits per heavy atom. The standard InChI is InChI=1S/C13H24O2/c1-3-7-15-13(10-14)9-12-6-4-5-11(2)8-12/h10-13H,3-9H2,1-2H3. The Kier molecular flexibility index (Phi) is 5.92. The second-order valence-electron chi connectivity index (χ2n) is 4.92. The molecular weight excluding hydrogens is 188 g/mol. The SMILES string of the molecule is CCCOC(C=O)CC1CCCC(C)C1. The van der Waals surface area contributed by atoms with Crippen LogP contribution in [0.5, 0.6) is 0 Å². The number of rotatable bonds is 6. The van der Waals surface area contributed by atoms with Crippen molar-refractivity contribution in [1.29, 1.82) is 0 Å². The van der Waals surface area contributed by atoms with Crippen LogP contribution in [0.2, 0.25) is 0 Å². The fourth-order valence-electron chi connectivity index (χ4n) is 2.53. The highest BCUT2D eigenvalue weighted by molar-refractivity contribution is 5.55. The van der Waals surface area contributed by atoms with Crippen LogP contribution in [0.4, 0.5) is 0 Å². The predicted octanol–water partition coefficient (Wildman–Crippen LogP) is 3.20. The first-order chi connectivity index (χ1) is 7.26. The van der Waals surface area contributed by atoms with Crippen LogP contribution >= 0.6 is 0 Å². The third-order valence-electron chi connectivity index (χ3n) is 3.30. The van der Waals surface area contributed by atoms with Gasteiger partial charge in [0.05, 0.1) is 0 Å². The lowest BCUT2D eigenvalue weighted by Gasteiger charge is -2.28. The van der Waals surface area contributed by atoms with Crippen molar-refractivity contribution in [3.63, 3.8) is 0 Å². The molecule has 0 spiro atoms. The molecule has 0 aliphatic heterocycles. The van der Waals surface area contributed by atoms with Gasteiger partial charge in [-0.2, -0.15) is 0 Å². The molecule has 1 saturated carbocycles. The fourth-order valence-corrected chi connectivity index (χ4v) is 2.53. The zero-order chi connectivity index (χ0) is 11.1. The Labute approximate surface area is 93.4 Å². The summed E-state index contributed by atoms with van der Waals surface area (Å²) in [5.41, 5.74) is 0. The molecule has 3 unspecified atom stereocenters. The summed E-state index contributed by atoms with van der Waals surface area (Å²) in [7, 11) is 0.